The van der Waals surface area contributed by atoms with Gasteiger partial charge >= 0.3 is 0 Å². The van der Waals surface area contributed by atoms with Crippen molar-refractivity contribution in [2.24, 2.45) is 5.84 Å². The molecule has 0 amide bonds. The zero-order valence-electron chi connectivity index (χ0n) is 9.27. The molecule has 1 heterocycles. The fraction of sp³-hybridized carbons (Fsp3) is 0.0833. The highest BCUT2D eigenvalue weighted by molar-refractivity contribution is 5.39. The second-order valence-electron chi connectivity index (χ2n) is 3.52. The van der Waals surface area contributed by atoms with Crippen LogP contribution in [0.25, 0.3) is 0 Å². The van der Waals surface area contributed by atoms with E-state index >= 15 is 0 Å². The van der Waals surface area contributed by atoms with Gasteiger partial charge in [0, 0.05) is 6.07 Å². The van der Waals surface area contributed by atoms with Crippen LogP contribution in [-0.4, -0.2) is 4.98 Å². The van der Waals surface area contributed by atoms with Crippen molar-refractivity contribution in [1.82, 2.24) is 4.98 Å². The lowest BCUT2D eigenvalue weighted by Crippen LogP contribution is -2.08. The van der Waals surface area contributed by atoms with Crippen LogP contribution in [0.1, 0.15) is 5.56 Å². The van der Waals surface area contributed by atoms with Crippen LogP contribution in [0.5, 0.6) is 11.6 Å². The first-order chi connectivity index (χ1) is 8.19. The number of nitrogens with one attached hydrogen (secondary N) is 1. The highest BCUT2D eigenvalue weighted by Gasteiger charge is 2.04. The van der Waals surface area contributed by atoms with Crippen LogP contribution >= 0.6 is 0 Å². The van der Waals surface area contributed by atoms with Crippen molar-refractivity contribution in [2.45, 2.75) is 6.92 Å². The molecule has 4 nitrogen and oxygen atoms in total. The number of hydrogen-bond acceptors (Lipinski definition) is 4. The third kappa shape index (κ3) is 2.70. The molecule has 1 aromatic heterocycles. The van der Waals surface area contributed by atoms with Gasteiger partial charge in [0.2, 0.25) is 5.88 Å². The molecule has 0 atom stereocenters. The van der Waals surface area contributed by atoms with Crippen molar-refractivity contribution in [3.8, 4) is 11.6 Å². The molecule has 0 aliphatic carbocycles. The number of nitrogens with two attached hydrogens (primary N) is 1. The van der Waals surface area contributed by atoms with Crippen molar-refractivity contribution >= 4 is 5.82 Å². The normalized spacial score (nSPS) is 10.1. The number of halogens is 1. The van der Waals surface area contributed by atoms with Gasteiger partial charge in [-0.15, -0.1) is 0 Å². The Morgan fingerprint density at radius 2 is 2.12 bits per heavy atom. The summed E-state index contributed by atoms with van der Waals surface area (Å²) in [6.07, 6.45) is 0. The predicted molar refractivity (Wildman–Crippen MR) is 63.3 cm³/mol. The van der Waals surface area contributed by atoms with E-state index in [4.69, 9.17) is 10.6 Å². The second-order valence-corrected chi connectivity index (χ2v) is 3.52. The summed E-state index contributed by atoms with van der Waals surface area (Å²) in [6.45, 7) is 1.77. The number of nitrogen functional groups attached to an aromatic ring is 1. The maximum atomic E-state index is 12.9. The minimum absolute atomic E-state index is 0.291. The van der Waals surface area contributed by atoms with Crippen LogP contribution in [0.2, 0.25) is 0 Å². The first-order valence-corrected chi connectivity index (χ1v) is 5.07. The van der Waals surface area contributed by atoms with E-state index in [1.807, 2.05) is 0 Å². The smallest absolute Gasteiger partial charge is 0.221 e. The zero-order chi connectivity index (χ0) is 12.3. The monoisotopic (exact) mass is 233 g/mol. The van der Waals surface area contributed by atoms with Gasteiger partial charge in [-0.2, -0.15) is 4.98 Å². The topological polar surface area (TPSA) is 60.2 Å². The SMILES string of the molecule is Cc1cc(F)ccc1Oc1cccc(NN)n1. The Morgan fingerprint density at radius 1 is 1.29 bits per heavy atom. The molecule has 88 valence electrons. The average molecular weight is 233 g/mol. The second kappa shape index (κ2) is 4.80. The first-order valence-electron chi connectivity index (χ1n) is 5.07. The third-order valence-electron chi connectivity index (χ3n) is 2.22. The van der Waals surface area contributed by atoms with Crippen LogP contribution in [0, 0.1) is 12.7 Å². The molecule has 0 saturated carbocycles. The van der Waals surface area contributed by atoms with Gasteiger partial charge in [-0.1, -0.05) is 6.07 Å². The number of benzene rings is 1. The molecule has 3 N–H and O–H groups in total. The van der Waals surface area contributed by atoms with Crippen molar-refractivity contribution in [3.63, 3.8) is 0 Å². The molecule has 0 bridgehead atoms. The number of hydrogen-bond donors (Lipinski definition) is 2. The third-order valence-corrected chi connectivity index (χ3v) is 2.22. The summed E-state index contributed by atoms with van der Waals surface area (Å²) in [5.41, 5.74) is 3.13. The van der Waals surface area contributed by atoms with Crippen LogP contribution < -0.4 is 16.0 Å². The number of nitrogens with zero attached hydrogens (tertiary/aromatic N) is 1. The van der Waals surface area contributed by atoms with Gasteiger partial charge in [-0.05, 0) is 36.8 Å². The number of ether oxygens (including phenoxy) is 1. The van der Waals surface area contributed by atoms with Crippen molar-refractivity contribution in [2.75, 3.05) is 5.43 Å². The summed E-state index contributed by atoms with van der Waals surface area (Å²) in [5, 5.41) is 0. The van der Waals surface area contributed by atoms with Gasteiger partial charge in [-0.25, -0.2) is 10.2 Å². The van der Waals surface area contributed by atoms with Crippen molar-refractivity contribution < 1.29 is 9.13 Å². The quantitative estimate of drug-likeness (QED) is 0.632. The van der Waals surface area contributed by atoms with Gasteiger partial charge in [0.15, 0.2) is 0 Å². The number of rotatable bonds is 3. The minimum Gasteiger partial charge on any atom is -0.439 e. The molecule has 0 spiro atoms. The van der Waals surface area contributed by atoms with E-state index in [0.29, 0.717) is 23.0 Å². The predicted octanol–water partition coefficient (Wildman–Crippen LogP) is 2.61. The molecule has 1 aromatic carbocycles. The summed E-state index contributed by atoms with van der Waals surface area (Å²) >= 11 is 0. The summed E-state index contributed by atoms with van der Waals surface area (Å²) in [7, 11) is 0. The zero-order valence-corrected chi connectivity index (χ0v) is 9.27. The molecule has 0 unspecified atom stereocenters. The molecule has 17 heavy (non-hydrogen) atoms. The highest BCUT2D eigenvalue weighted by atomic mass is 19.1. The van der Waals surface area contributed by atoms with Crippen LogP contribution in [0.4, 0.5) is 10.2 Å². The van der Waals surface area contributed by atoms with Gasteiger partial charge < -0.3 is 10.2 Å². The fourth-order valence-electron chi connectivity index (χ4n) is 1.39. The van der Waals surface area contributed by atoms with Gasteiger partial charge in [-0.3, -0.25) is 0 Å². The number of hydrazine groups is 1. The lowest BCUT2D eigenvalue weighted by molar-refractivity contribution is 0.458. The highest BCUT2D eigenvalue weighted by Crippen LogP contribution is 2.24. The van der Waals surface area contributed by atoms with Crippen LogP contribution in [-0.2, 0) is 0 Å². The number of pyridine rings is 1. The molecule has 0 radical (unpaired) electrons. The van der Waals surface area contributed by atoms with Crippen molar-refractivity contribution in [1.29, 1.82) is 0 Å². The van der Waals surface area contributed by atoms with E-state index in [2.05, 4.69) is 10.4 Å². The number of aryl methyl sites for hydroxylation is 1. The summed E-state index contributed by atoms with van der Waals surface area (Å²) < 4.78 is 18.4. The Balaban J connectivity index is 2.25. The molecular weight excluding hydrogens is 221 g/mol. The molecular formula is C12H12FN3O. The summed E-state index contributed by atoms with van der Waals surface area (Å²) in [5.74, 6) is 6.42. The van der Waals surface area contributed by atoms with E-state index in [0.717, 1.165) is 0 Å². The lowest BCUT2D eigenvalue weighted by Gasteiger charge is -2.08. The van der Waals surface area contributed by atoms with E-state index in [-0.39, 0.29) is 5.82 Å². The Morgan fingerprint density at radius 3 is 2.82 bits per heavy atom. The fourth-order valence-corrected chi connectivity index (χ4v) is 1.39. The molecule has 0 aliphatic rings. The Bertz CT molecular complexity index is 531. The maximum Gasteiger partial charge on any atom is 0.221 e. The average Bonchev–Trinajstić information content (AvgIpc) is 2.33. The standard InChI is InChI=1S/C12H12FN3O/c1-8-7-9(13)5-6-10(8)17-12-4-2-3-11(15-12)16-14/h2-7H,14H2,1H3,(H,15,16). The lowest BCUT2D eigenvalue weighted by atomic mass is 10.2. The Kier molecular flexibility index (Phi) is 3.20. The van der Waals surface area contributed by atoms with E-state index in [1.54, 1.807) is 31.2 Å². The summed E-state index contributed by atoms with van der Waals surface area (Å²) in [4.78, 5) is 4.10. The molecule has 0 aliphatic heterocycles. The van der Waals surface area contributed by atoms with Gasteiger partial charge in [0.1, 0.15) is 17.4 Å². The van der Waals surface area contributed by atoms with E-state index in [9.17, 15) is 4.39 Å². The molecule has 0 fully saturated rings. The molecule has 2 aromatic rings. The van der Waals surface area contributed by atoms with E-state index in [1.165, 1.54) is 12.1 Å². The largest absolute Gasteiger partial charge is 0.439 e. The first kappa shape index (κ1) is 11.3. The number of aromatic nitrogens is 1. The minimum atomic E-state index is -0.291. The number of anilines is 1. The van der Waals surface area contributed by atoms with E-state index < -0.39 is 0 Å². The Labute approximate surface area is 98.2 Å². The molecule has 2 rings (SSSR count). The Hall–Kier alpha value is -2.14. The van der Waals surface area contributed by atoms with Crippen LogP contribution in [0.3, 0.4) is 0 Å². The van der Waals surface area contributed by atoms with Gasteiger partial charge in [0.05, 0.1) is 0 Å². The summed E-state index contributed by atoms with van der Waals surface area (Å²) in [6, 6.07) is 9.48. The molecule has 5 heteroatoms. The maximum absolute atomic E-state index is 12.9. The van der Waals surface area contributed by atoms with Crippen molar-refractivity contribution in [3.05, 3.63) is 47.8 Å². The van der Waals surface area contributed by atoms with Crippen LogP contribution in [0.15, 0.2) is 36.4 Å². The van der Waals surface area contributed by atoms with Gasteiger partial charge in [0.25, 0.3) is 0 Å². The molecule has 0 saturated heterocycles.